The third kappa shape index (κ3) is 3.86. The van der Waals surface area contributed by atoms with Crippen molar-refractivity contribution in [3.05, 3.63) is 45.7 Å². The first-order valence-electron chi connectivity index (χ1n) is 12.5. The highest BCUT2D eigenvalue weighted by atomic mass is 32.2. The fraction of sp³-hybridized carbons (Fsp3) is 0.630. The Hall–Kier alpha value is -1.59. The van der Waals surface area contributed by atoms with E-state index in [1.165, 1.54) is 24.0 Å². The molecule has 1 aromatic carbocycles. The lowest BCUT2D eigenvalue weighted by atomic mass is 9.68. The average Bonchev–Trinajstić information content (AvgIpc) is 3.21. The van der Waals surface area contributed by atoms with Gasteiger partial charge in [0, 0.05) is 29.4 Å². The van der Waals surface area contributed by atoms with Crippen LogP contribution in [-0.2, 0) is 16.6 Å². The normalized spacial score (nSPS) is 23.2. The van der Waals surface area contributed by atoms with E-state index < -0.39 is 0 Å². The van der Waals surface area contributed by atoms with Crippen molar-refractivity contribution >= 4 is 11.8 Å². The van der Waals surface area contributed by atoms with Gasteiger partial charge in [0.1, 0.15) is 0 Å². The Labute approximate surface area is 196 Å². The van der Waals surface area contributed by atoms with Gasteiger partial charge >= 0.3 is 0 Å². The lowest BCUT2D eigenvalue weighted by molar-refractivity contribution is -0.0710. The van der Waals surface area contributed by atoms with Gasteiger partial charge in [-0.2, -0.15) is 0 Å². The van der Waals surface area contributed by atoms with E-state index in [1.54, 1.807) is 11.8 Å². The number of fused-ring (bicyclic) bond motifs is 4. The van der Waals surface area contributed by atoms with Crippen LogP contribution in [0.15, 0.2) is 34.2 Å². The quantitative estimate of drug-likeness (QED) is 0.303. The summed E-state index contributed by atoms with van der Waals surface area (Å²) in [6.07, 6.45) is 9.63. The van der Waals surface area contributed by atoms with E-state index >= 15 is 0 Å². The minimum absolute atomic E-state index is 0.0389. The summed E-state index contributed by atoms with van der Waals surface area (Å²) in [6.45, 7) is 7.21. The van der Waals surface area contributed by atoms with Crippen LogP contribution < -0.4 is 5.56 Å². The molecule has 0 radical (unpaired) electrons. The maximum atomic E-state index is 14.4. The minimum Gasteiger partial charge on any atom is -0.375 e. The van der Waals surface area contributed by atoms with Gasteiger partial charge in [-0.25, -0.2) is 4.98 Å². The Bertz CT molecular complexity index is 1050. The lowest BCUT2D eigenvalue weighted by Crippen LogP contribution is -2.44. The van der Waals surface area contributed by atoms with Crippen LogP contribution in [0.1, 0.15) is 89.3 Å². The molecule has 1 aliphatic heterocycles. The van der Waals surface area contributed by atoms with Crippen molar-refractivity contribution in [3.8, 4) is 11.3 Å². The van der Waals surface area contributed by atoms with Crippen LogP contribution in [0.5, 0.6) is 0 Å². The number of nitrogens with zero attached hydrogens (tertiary/aromatic N) is 2. The maximum absolute atomic E-state index is 14.4. The molecule has 5 rings (SSSR count). The highest BCUT2D eigenvalue weighted by Gasteiger charge is 2.45. The van der Waals surface area contributed by atoms with Gasteiger partial charge in [0.05, 0.1) is 16.9 Å². The summed E-state index contributed by atoms with van der Waals surface area (Å²) in [7, 11) is 0. The number of thioether (sulfide) groups is 1. The number of ether oxygens (including phenoxy) is 1. The van der Waals surface area contributed by atoms with Crippen molar-refractivity contribution in [3.63, 3.8) is 0 Å². The molecule has 0 bridgehead atoms. The van der Waals surface area contributed by atoms with Gasteiger partial charge in [-0.05, 0) is 57.9 Å². The Balaban J connectivity index is 1.71. The second-order valence-electron chi connectivity index (χ2n) is 10.6. The molecule has 1 saturated carbocycles. The molecule has 2 heterocycles. The molecule has 2 fully saturated rings. The molecule has 1 saturated heterocycles. The highest BCUT2D eigenvalue weighted by molar-refractivity contribution is 7.99. The van der Waals surface area contributed by atoms with E-state index in [0.717, 1.165) is 67.1 Å². The second kappa shape index (κ2) is 8.64. The van der Waals surface area contributed by atoms with E-state index in [0.29, 0.717) is 6.61 Å². The van der Waals surface area contributed by atoms with Crippen molar-refractivity contribution in [2.45, 2.75) is 101 Å². The van der Waals surface area contributed by atoms with E-state index in [4.69, 9.17) is 9.72 Å². The SMILES string of the molecule is CCCCSc1nc2c(c(=O)n1[C@H]1CCOC(C)(C)C1)C1(CCCC1)Cc1ccccc1-2. The molecule has 1 spiro atoms. The number of benzene rings is 1. The first-order valence-corrected chi connectivity index (χ1v) is 13.4. The number of hydrogen-bond donors (Lipinski definition) is 0. The zero-order chi connectivity index (χ0) is 22.3. The molecule has 4 nitrogen and oxygen atoms in total. The zero-order valence-corrected chi connectivity index (χ0v) is 20.6. The summed E-state index contributed by atoms with van der Waals surface area (Å²) in [6, 6.07) is 8.80. The fourth-order valence-corrected chi connectivity index (χ4v) is 7.32. The largest absolute Gasteiger partial charge is 0.375 e. The average molecular weight is 453 g/mol. The van der Waals surface area contributed by atoms with Crippen molar-refractivity contribution in [2.75, 3.05) is 12.4 Å². The molecular formula is C27H36N2O2S. The molecule has 0 amide bonds. The Morgan fingerprint density at radius 2 is 2.00 bits per heavy atom. The first-order chi connectivity index (χ1) is 15.4. The Morgan fingerprint density at radius 3 is 2.75 bits per heavy atom. The molecule has 172 valence electrons. The predicted molar refractivity (Wildman–Crippen MR) is 132 cm³/mol. The van der Waals surface area contributed by atoms with Crippen molar-refractivity contribution in [1.82, 2.24) is 9.55 Å². The van der Waals surface area contributed by atoms with Crippen molar-refractivity contribution < 1.29 is 4.74 Å². The van der Waals surface area contributed by atoms with E-state index in [1.807, 2.05) is 0 Å². The van der Waals surface area contributed by atoms with Gasteiger partial charge in [-0.1, -0.05) is 62.2 Å². The minimum atomic E-state index is -0.207. The fourth-order valence-electron chi connectivity index (χ4n) is 6.18. The molecule has 1 aromatic heterocycles. The summed E-state index contributed by atoms with van der Waals surface area (Å²) in [5.41, 5.74) is 4.51. The van der Waals surface area contributed by atoms with Crippen LogP contribution in [0.25, 0.3) is 11.3 Å². The van der Waals surface area contributed by atoms with Gasteiger partial charge in [-0.15, -0.1) is 0 Å². The van der Waals surface area contributed by atoms with E-state index in [-0.39, 0.29) is 22.6 Å². The summed E-state index contributed by atoms with van der Waals surface area (Å²) in [5, 5.41) is 0.912. The van der Waals surface area contributed by atoms with Crippen LogP contribution >= 0.6 is 11.8 Å². The third-order valence-electron chi connectivity index (χ3n) is 7.74. The highest BCUT2D eigenvalue weighted by Crippen LogP contribution is 2.50. The number of rotatable bonds is 5. The molecule has 32 heavy (non-hydrogen) atoms. The van der Waals surface area contributed by atoms with Crippen molar-refractivity contribution in [1.29, 1.82) is 0 Å². The van der Waals surface area contributed by atoms with Crippen LogP contribution in [0.4, 0.5) is 0 Å². The smallest absolute Gasteiger partial charge is 0.258 e. The molecule has 5 heteroatoms. The second-order valence-corrected chi connectivity index (χ2v) is 11.6. The van der Waals surface area contributed by atoms with Gasteiger partial charge in [-0.3, -0.25) is 9.36 Å². The van der Waals surface area contributed by atoms with E-state index in [2.05, 4.69) is 49.6 Å². The maximum Gasteiger partial charge on any atom is 0.258 e. The molecule has 0 unspecified atom stereocenters. The molecule has 3 aliphatic rings. The summed E-state index contributed by atoms with van der Waals surface area (Å²) in [5.74, 6) is 1.00. The molecule has 1 atom stereocenters. The topological polar surface area (TPSA) is 44.1 Å². The van der Waals surface area contributed by atoms with Gasteiger partial charge < -0.3 is 4.74 Å². The molecule has 2 aromatic rings. The zero-order valence-electron chi connectivity index (χ0n) is 19.8. The van der Waals surface area contributed by atoms with Crippen LogP contribution in [-0.4, -0.2) is 27.5 Å². The summed E-state index contributed by atoms with van der Waals surface area (Å²) >= 11 is 1.77. The predicted octanol–water partition coefficient (Wildman–Crippen LogP) is 6.30. The monoisotopic (exact) mass is 452 g/mol. The number of aromatic nitrogens is 2. The third-order valence-corrected chi connectivity index (χ3v) is 8.78. The Morgan fingerprint density at radius 1 is 1.22 bits per heavy atom. The van der Waals surface area contributed by atoms with E-state index in [9.17, 15) is 4.79 Å². The molecule has 2 aliphatic carbocycles. The number of unbranched alkanes of at least 4 members (excludes halogenated alkanes) is 1. The van der Waals surface area contributed by atoms with Gasteiger partial charge in [0.15, 0.2) is 5.16 Å². The Kier molecular flexibility index (Phi) is 6.00. The molecular weight excluding hydrogens is 416 g/mol. The lowest BCUT2D eigenvalue weighted by Gasteiger charge is -2.40. The van der Waals surface area contributed by atoms with Gasteiger partial charge in [0.25, 0.3) is 5.56 Å². The van der Waals surface area contributed by atoms with Crippen LogP contribution in [0.3, 0.4) is 0 Å². The van der Waals surface area contributed by atoms with Gasteiger partial charge in [0.2, 0.25) is 0 Å². The standard InChI is InChI=1S/C27H36N2O2S/c1-4-5-16-32-25-28-23-21-11-7-6-10-19(21)17-27(13-8-9-14-27)22(23)24(30)29(25)20-12-15-31-26(2,3)18-20/h6-7,10-11,20H,4-5,8-9,12-18H2,1-3H3/t20-/m0/s1. The first kappa shape index (κ1) is 22.2. The summed E-state index contributed by atoms with van der Waals surface area (Å²) < 4.78 is 8.10. The van der Waals surface area contributed by atoms with Crippen LogP contribution in [0, 0.1) is 0 Å². The summed E-state index contributed by atoms with van der Waals surface area (Å²) in [4.78, 5) is 19.7. The van der Waals surface area contributed by atoms with Crippen LogP contribution in [0.2, 0.25) is 0 Å². The number of hydrogen-bond acceptors (Lipinski definition) is 4. The molecule has 0 N–H and O–H groups in total. The van der Waals surface area contributed by atoms with Crippen molar-refractivity contribution in [2.24, 2.45) is 0 Å².